The molecule has 0 fully saturated rings. The average Bonchev–Trinajstić information content (AvgIpc) is 2.46. The Hall–Kier alpha value is -2.30. The lowest BCUT2D eigenvalue weighted by molar-refractivity contribution is 0.171. The molecule has 0 atom stereocenters. The Balaban J connectivity index is 1.72. The molecule has 104 valence electrons. The summed E-state index contributed by atoms with van der Waals surface area (Å²) in [5, 5.41) is 2.93. The topological polar surface area (TPSA) is 30.5 Å². The van der Waals surface area contributed by atoms with Gasteiger partial charge in [-0.05, 0) is 29.8 Å². The molecular weight excluding hydrogens is 264 g/mol. The lowest BCUT2D eigenvalue weighted by Gasteiger charge is -2.19. The predicted octanol–water partition coefficient (Wildman–Crippen LogP) is 3.35. The quantitative estimate of drug-likeness (QED) is 0.933. The van der Waals surface area contributed by atoms with Gasteiger partial charge in [-0.25, -0.2) is 8.78 Å². The molecule has 0 unspecified atom stereocenters. The van der Waals surface area contributed by atoms with E-state index in [9.17, 15) is 8.78 Å². The van der Waals surface area contributed by atoms with Crippen molar-refractivity contribution in [3.05, 3.63) is 53.6 Å². The third kappa shape index (κ3) is 2.66. The lowest BCUT2D eigenvalue weighted by atomic mass is 10.2. The van der Waals surface area contributed by atoms with E-state index in [1.165, 1.54) is 12.1 Å². The molecule has 0 radical (unpaired) electrons. The summed E-state index contributed by atoms with van der Waals surface area (Å²) in [6.45, 7) is 1.49. The summed E-state index contributed by atoms with van der Waals surface area (Å²) in [6.07, 6.45) is 0. The highest BCUT2D eigenvalue weighted by Gasteiger charge is 2.11. The number of fused-ring (bicyclic) bond motifs is 1. The minimum atomic E-state index is -0.609. The van der Waals surface area contributed by atoms with E-state index >= 15 is 0 Å². The fourth-order valence-corrected chi connectivity index (χ4v) is 2.03. The highest BCUT2D eigenvalue weighted by molar-refractivity contribution is 5.48. The van der Waals surface area contributed by atoms with Crippen molar-refractivity contribution in [2.24, 2.45) is 0 Å². The van der Waals surface area contributed by atoms with E-state index in [1.807, 2.05) is 18.2 Å². The van der Waals surface area contributed by atoms with E-state index in [4.69, 9.17) is 9.47 Å². The van der Waals surface area contributed by atoms with E-state index in [0.29, 0.717) is 31.3 Å². The largest absolute Gasteiger partial charge is 0.486 e. The van der Waals surface area contributed by atoms with Crippen molar-refractivity contribution in [3.8, 4) is 11.5 Å². The van der Waals surface area contributed by atoms with E-state index in [1.54, 1.807) is 0 Å². The molecule has 2 aromatic carbocycles. The van der Waals surface area contributed by atoms with E-state index in [-0.39, 0.29) is 5.69 Å². The molecule has 0 spiro atoms. The molecule has 2 aromatic rings. The molecular formula is C15H13F2NO2. The molecule has 3 rings (SSSR count). The smallest absolute Gasteiger partial charge is 0.161 e. The van der Waals surface area contributed by atoms with E-state index in [2.05, 4.69) is 5.32 Å². The fraction of sp³-hybridized carbons (Fsp3) is 0.200. The van der Waals surface area contributed by atoms with Crippen LogP contribution in [0.2, 0.25) is 0 Å². The Morgan fingerprint density at radius 2 is 1.75 bits per heavy atom. The molecule has 1 heterocycles. The van der Waals surface area contributed by atoms with Gasteiger partial charge >= 0.3 is 0 Å². The minimum absolute atomic E-state index is 0.265. The first-order chi connectivity index (χ1) is 9.72. The van der Waals surface area contributed by atoms with Gasteiger partial charge in [0.05, 0.1) is 5.69 Å². The first kappa shape index (κ1) is 12.7. The Morgan fingerprint density at radius 3 is 2.55 bits per heavy atom. The van der Waals surface area contributed by atoms with Gasteiger partial charge in [0, 0.05) is 12.6 Å². The van der Waals surface area contributed by atoms with Crippen LogP contribution in [-0.2, 0) is 6.54 Å². The molecule has 1 aliphatic rings. The van der Waals surface area contributed by atoms with Gasteiger partial charge in [-0.1, -0.05) is 6.07 Å². The zero-order valence-electron chi connectivity index (χ0n) is 10.7. The standard InChI is InChI=1S/C15H13F2NO2/c16-11-2-3-13(12(17)8-11)18-9-10-1-4-14-15(7-10)20-6-5-19-14/h1-4,7-8,18H,5-6,9H2. The zero-order chi connectivity index (χ0) is 13.9. The summed E-state index contributed by atoms with van der Waals surface area (Å²) in [6, 6.07) is 9.00. The van der Waals surface area contributed by atoms with Crippen LogP contribution < -0.4 is 14.8 Å². The monoisotopic (exact) mass is 277 g/mol. The van der Waals surface area contributed by atoms with Crippen molar-refractivity contribution < 1.29 is 18.3 Å². The van der Waals surface area contributed by atoms with Gasteiger partial charge in [-0.2, -0.15) is 0 Å². The molecule has 0 aliphatic carbocycles. The summed E-state index contributed by atoms with van der Waals surface area (Å²) in [4.78, 5) is 0. The number of hydrogen-bond donors (Lipinski definition) is 1. The van der Waals surface area contributed by atoms with Crippen LogP contribution in [0.15, 0.2) is 36.4 Å². The van der Waals surface area contributed by atoms with Crippen molar-refractivity contribution in [2.75, 3.05) is 18.5 Å². The molecule has 0 aromatic heterocycles. The van der Waals surface area contributed by atoms with Crippen LogP contribution in [0.3, 0.4) is 0 Å². The Morgan fingerprint density at radius 1 is 0.950 bits per heavy atom. The van der Waals surface area contributed by atoms with Crippen LogP contribution in [0, 0.1) is 11.6 Å². The van der Waals surface area contributed by atoms with Crippen molar-refractivity contribution in [2.45, 2.75) is 6.54 Å². The number of anilines is 1. The van der Waals surface area contributed by atoms with Gasteiger partial charge in [-0.15, -0.1) is 0 Å². The van der Waals surface area contributed by atoms with Crippen LogP contribution in [0.1, 0.15) is 5.56 Å². The van der Waals surface area contributed by atoms with Crippen LogP contribution in [0.5, 0.6) is 11.5 Å². The molecule has 0 saturated heterocycles. The van der Waals surface area contributed by atoms with Crippen molar-refractivity contribution in [3.63, 3.8) is 0 Å². The first-order valence-electron chi connectivity index (χ1n) is 6.30. The molecule has 0 saturated carbocycles. The number of nitrogens with one attached hydrogen (secondary N) is 1. The molecule has 5 heteroatoms. The summed E-state index contributed by atoms with van der Waals surface area (Å²) < 4.78 is 37.2. The van der Waals surface area contributed by atoms with Gasteiger partial charge in [0.2, 0.25) is 0 Å². The first-order valence-corrected chi connectivity index (χ1v) is 6.30. The second kappa shape index (κ2) is 5.36. The summed E-state index contributed by atoms with van der Waals surface area (Å²) in [5.41, 5.74) is 1.19. The normalized spacial score (nSPS) is 13.1. The second-order valence-electron chi connectivity index (χ2n) is 4.46. The maximum atomic E-state index is 13.5. The van der Waals surface area contributed by atoms with Gasteiger partial charge in [0.15, 0.2) is 11.5 Å². The van der Waals surface area contributed by atoms with E-state index < -0.39 is 11.6 Å². The predicted molar refractivity (Wildman–Crippen MR) is 71.1 cm³/mol. The summed E-state index contributed by atoms with van der Waals surface area (Å²) >= 11 is 0. The highest BCUT2D eigenvalue weighted by Crippen LogP contribution is 2.31. The minimum Gasteiger partial charge on any atom is -0.486 e. The Kier molecular flexibility index (Phi) is 3.41. The van der Waals surface area contributed by atoms with Crippen LogP contribution in [0.25, 0.3) is 0 Å². The molecule has 0 bridgehead atoms. The third-order valence-corrected chi connectivity index (χ3v) is 3.02. The van der Waals surface area contributed by atoms with Crippen LogP contribution in [-0.4, -0.2) is 13.2 Å². The number of hydrogen-bond acceptors (Lipinski definition) is 3. The van der Waals surface area contributed by atoms with Crippen LogP contribution >= 0.6 is 0 Å². The molecule has 3 nitrogen and oxygen atoms in total. The van der Waals surface area contributed by atoms with Gasteiger partial charge in [0.1, 0.15) is 24.8 Å². The Bertz CT molecular complexity index is 631. The molecule has 1 N–H and O–H groups in total. The van der Waals surface area contributed by atoms with Crippen molar-refractivity contribution in [1.29, 1.82) is 0 Å². The number of ether oxygens (including phenoxy) is 2. The number of benzene rings is 2. The maximum absolute atomic E-state index is 13.5. The molecule has 20 heavy (non-hydrogen) atoms. The van der Waals surface area contributed by atoms with Gasteiger partial charge in [0.25, 0.3) is 0 Å². The second-order valence-corrected chi connectivity index (χ2v) is 4.46. The van der Waals surface area contributed by atoms with Gasteiger partial charge < -0.3 is 14.8 Å². The molecule has 0 amide bonds. The van der Waals surface area contributed by atoms with Crippen LogP contribution in [0.4, 0.5) is 14.5 Å². The summed E-state index contributed by atoms with van der Waals surface area (Å²) in [7, 11) is 0. The van der Waals surface area contributed by atoms with Crippen molar-refractivity contribution in [1.82, 2.24) is 0 Å². The Labute approximate surface area is 115 Å². The SMILES string of the molecule is Fc1ccc(NCc2ccc3c(c2)OCCO3)c(F)c1. The third-order valence-electron chi connectivity index (χ3n) is 3.02. The lowest BCUT2D eigenvalue weighted by Crippen LogP contribution is -2.15. The zero-order valence-corrected chi connectivity index (χ0v) is 10.7. The van der Waals surface area contributed by atoms with E-state index in [0.717, 1.165) is 11.6 Å². The highest BCUT2D eigenvalue weighted by atomic mass is 19.1. The molecule has 1 aliphatic heterocycles. The average molecular weight is 277 g/mol. The summed E-state index contributed by atoms with van der Waals surface area (Å²) in [5.74, 6) is 0.206. The number of rotatable bonds is 3. The number of halogens is 2. The van der Waals surface area contributed by atoms with Crippen molar-refractivity contribution >= 4 is 5.69 Å². The fourth-order valence-electron chi connectivity index (χ4n) is 2.03. The van der Waals surface area contributed by atoms with Gasteiger partial charge in [-0.3, -0.25) is 0 Å². The maximum Gasteiger partial charge on any atom is 0.161 e.